The maximum absolute atomic E-state index is 15.7. The highest BCUT2D eigenvalue weighted by molar-refractivity contribution is 6.13. The number of hydrogen-bond donors (Lipinski definition) is 3. The molecule has 6 atom stereocenters. The number of benzene rings is 5. The van der Waals surface area contributed by atoms with Gasteiger partial charge in [0.15, 0.2) is 5.92 Å². The average Bonchev–Trinajstić information content (AvgIpc) is 3.86. The number of fused-ring (bicyclic) bond motifs is 3. The summed E-state index contributed by atoms with van der Waals surface area (Å²) in [6.07, 6.45) is -1.09. The molecule has 5 aromatic carbocycles. The zero-order valence-corrected chi connectivity index (χ0v) is 37.5. The smallest absolute Gasteiger partial charge is 0.324 e. The molecule has 0 bridgehead atoms. The molecule has 3 fully saturated rings. The summed E-state index contributed by atoms with van der Waals surface area (Å²) < 4.78 is 27.5. The molecule has 5 aromatic rings. The predicted molar refractivity (Wildman–Crippen MR) is 249 cm³/mol. The summed E-state index contributed by atoms with van der Waals surface area (Å²) in [5.41, 5.74) is 2.90. The number of ether oxygens (including phenoxy) is 5. The van der Waals surface area contributed by atoms with Crippen LogP contribution in [-0.2, 0) is 48.3 Å². The van der Waals surface area contributed by atoms with Gasteiger partial charge in [-0.05, 0) is 76.9 Å². The van der Waals surface area contributed by atoms with Gasteiger partial charge in [-0.3, -0.25) is 28.9 Å². The first-order valence-corrected chi connectivity index (χ1v) is 22.4. The minimum atomic E-state index is -1.83. The van der Waals surface area contributed by atoms with Crippen LogP contribution in [-0.4, -0.2) is 99.5 Å². The molecule has 0 aliphatic carbocycles. The summed E-state index contributed by atoms with van der Waals surface area (Å²) in [5.74, 6) is 0.328. The van der Waals surface area contributed by atoms with Crippen LogP contribution in [0.25, 0.3) is 0 Å². The Morgan fingerprint density at radius 1 is 0.824 bits per heavy atom. The number of methoxy groups -OCH3 is 2. The highest BCUT2D eigenvalue weighted by atomic mass is 16.6. The fourth-order valence-electron chi connectivity index (χ4n) is 10.2. The number of carbonyl (C=O) groups is 5. The second-order valence-electron chi connectivity index (χ2n) is 16.9. The number of esters is 3. The number of nitrogens with one attached hydrogen (secondary N) is 2. The zero-order chi connectivity index (χ0) is 47.4. The Morgan fingerprint density at radius 3 is 2.13 bits per heavy atom. The highest BCUT2D eigenvalue weighted by Crippen LogP contribution is 2.65. The van der Waals surface area contributed by atoms with Gasteiger partial charge in [0.05, 0.1) is 52.0 Å². The molecule has 4 aliphatic heterocycles. The third-order valence-corrected chi connectivity index (χ3v) is 13.2. The number of aliphatic hydroxyl groups is 1. The molecule has 15 heteroatoms. The number of morpholine rings is 2. The standard InChI is InChI=1S/C53H50N4O11/c1-64-49(60)40(50(61)65-2)15-9-10-33-16-25-42-41(32-33)53(52(63)55-42)43(48(59)54-37-19-21-38(22-20-37)56-26-29-66-30-27-56)45-51(62)68-46(35-13-7-4-8-14-35)44(34-11-5-3-6-12-34)57(45)47(53)36-17-23-39(24-18-36)67-31-28-58/h3-8,11-14,16-25,32,40,43-47,58H,15,26-31H2,1-2H3,(H,54,59)(H,55,63)/t43-,44-,45-,46+,47+,53-/m0/s1. The predicted octanol–water partition coefficient (Wildman–Crippen LogP) is 5.51. The van der Waals surface area contributed by atoms with Crippen molar-refractivity contribution in [3.8, 4) is 17.6 Å². The molecule has 0 radical (unpaired) electrons. The van der Waals surface area contributed by atoms with Crippen LogP contribution in [0.4, 0.5) is 17.1 Å². The van der Waals surface area contributed by atoms with E-state index < -0.39 is 71.2 Å². The quantitative estimate of drug-likeness (QED) is 0.0618. The van der Waals surface area contributed by atoms with Crippen LogP contribution in [0.15, 0.2) is 127 Å². The molecule has 0 aromatic heterocycles. The van der Waals surface area contributed by atoms with Crippen LogP contribution in [0.5, 0.6) is 5.75 Å². The van der Waals surface area contributed by atoms with Gasteiger partial charge < -0.3 is 44.3 Å². The summed E-state index contributed by atoms with van der Waals surface area (Å²) >= 11 is 0. The molecule has 0 saturated carbocycles. The van der Waals surface area contributed by atoms with E-state index in [0.29, 0.717) is 52.6 Å². The fourth-order valence-corrected chi connectivity index (χ4v) is 10.2. The van der Waals surface area contributed by atoms with Crippen LogP contribution in [0, 0.1) is 23.7 Å². The second kappa shape index (κ2) is 19.8. The van der Waals surface area contributed by atoms with Gasteiger partial charge >= 0.3 is 17.9 Å². The molecule has 0 unspecified atom stereocenters. The second-order valence-corrected chi connectivity index (χ2v) is 16.9. The molecule has 9 rings (SSSR count). The first kappa shape index (κ1) is 45.6. The van der Waals surface area contributed by atoms with E-state index in [9.17, 15) is 14.7 Å². The van der Waals surface area contributed by atoms with Crippen molar-refractivity contribution in [1.29, 1.82) is 0 Å². The fraction of sp³-hybridized carbons (Fsp3) is 0.302. The number of amides is 2. The number of aliphatic hydroxyl groups excluding tert-OH is 1. The van der Waals surface area contributed by atoms with E-state index in [2.05, 4.69) is 27.4 Å². The van der Waals surface area contributed by atoms with Gasteiger partial charge in [-0.1, -0.05) is 84.6 Å². The lowest BCUT2D eigenvalue weighted by Crippen LogP contribution is -2.53. The van der Waals surface area contributed by atoms with E-state index in [0.717, 1.165) is 24.3 Å². The van der Waals surface area contributed by atoms with Crippen LogP contribution in [0.2, 0.25) is 0 Å². The number of anilines is 3. The van der Waals surface area contributed by atoms with Crippen LogP contribution >= 0.6 is 0 Å². The van der Waals surface area contributed by atoms with Crippen molar-refractivity contribution in [2.75, 3.05) is 69.3 Å². The van der Waals surface area contributed by atoms with E-state index >= 15 is 14.4 Å². The summed E-state index contributed by atoms with van der Waals surface area (Å²) in [6.45, 7) is 2.49. The third-order valence-electron chi connectivity index (χ3n) is 13.2. The lowest BCUT2D eigenvalue weighted by atomic mass is 9.65. The number of hydrogen-bond acceptors (Lipinski definition) is 13. The molecule has 348 valence electrons. The van der Waals surface area contributed by atoms with Crippen molar-refractivity contribution in [2.24, 2.45) is 11.8 Å². The summed E-state index contributed by atoms with van der Waals surface area (Å²) in [7, 11) is 2.34. The van der Waals surface area contributed by atoms with Crippen LogP contribution < -0.4 is 20.3 Å². The Morgan fingerprint density at radius 2 is 1.49 bits per heavy atom. The monoisotopic (exact) mass is 918 g/mol. The molecular formula is C53H50N4O11. The minimum absolute atomic E-state index is 0.0524. The normalized spacial score (nSPS) is 22.8. The van der Waals surface area contributed by atoms with Crippen molar-refractivity contribution >= 4 is 46.8 Å². The third kappa shape index (κ3) is 8.42. The van der Waals surface area contributed by atoms with Crippen molar-refractivity contribution in [2.45, 2.75) is 36.1 Å². The Hall–Kier alpha value is -7.51. The van der Waals surface area contributed by atoms with Crippen LogP contribution in [0.1, 0.15) is 52.4 Å². The van der Waals surface area contributed by atoms with E-state index in [1.54, 1.807) is 42.5 Å². The highest BCUT2D eigenvalue weighted by Gasteiger charge is 2.74. The van der Waals surface area contributed by atoms with Gasteiger partial charge in [-0.25, -0.2) is 0 Å². The maximum atomic E-state index is 15.7. The Bertz CT molecular complexity index is 2720. The first-order valence-electron chi connectivity index (χ1n) is 22.4. The van der Waals surface area contributed by atoms with E-state index in [4.69, 9.17) is 23.7 Å². The molecule has 15 nitrogen and oxygen atoms in total. The molecule has 3 saturated heterocycles. The molecule has 68 heavy (non-hydrogen) atoms. The van der Waals surface area contributed by atoms with Crippen molar-refractivity contribution in [1.82, 2.24) is 4.90 Å². The SMILES string of the molecule is COC(=O)C(CC#Cc1ccc2c(c1)[C@]1(C(=O)N2)[C@H](C(=O)Nc2ccc(N3CCOCC3)cc2)[C@H]2C(=O)O[C@H](c3ccccc3)[C@H](c3ccccc3)N2[C@@H]1c1ccc(OCCO)cc1)C(=O)OC. The van der Waals surface area contributed by atoms with Crippen molar-refractivity contribution in [3.05, 3.63) is 155 Å². The maximum Gasteiger partial charge on any atom is 0.324 e. The summed E-state index contributed by atoms with van der Waals surface area (Å²) in [5, 5.41) is 15.8. The van der Waals surface area contributed by atoms with Gasteiger partial charge in [-0.15, -0.1) is 0 Å². The van der Waals surface area contributed by atoms with Gasteiger partial charge in [0.2, 0.25) is 11.8 Å². The number of carbonyl (C=O) groups excluding carboxylic acids is 5. The average molecular weight is 919 g/mol. The van der Waals surface area contributed by atoms with Crippen molar-refractivity contribution < 1.29 is 52.8 Å². The topological polar surface area (TPSA) is 182 Å². The van der Waals surface area contributed by atoms with E-state index in [1.165, 1.54) is 14.2 Å². The number of cyclic esters (lactones) is 1. The molecule has 4 heterocycles. The summed E-state index contributed by atoms with van der Waals surface area (Å²) in [6, 6.07) is 35.6. The van der Waals surface area contributed by atoms with E-state index in [1.807, 2.05) is 89.8 Å². The summed E-state index contributed by atoms with van der Waals surface area (Å²) in [4.78, 5) is 75.8. The lowest BCUT2D eigenvalue weighted by molar-refractivity contribution is -0.178. The lowest BCUT2D eigenvalue weighted by Gasteiger charge is -2.46. The molecule has 3 N–H and O–H groups in total. The number of nitrogens with zero attached hydrogens (tertiary/aromatic N) is 2. The Kier molecular flexibility index (Phi) is 13.3. The molecular weight excluding hydrogens is 869 g/mol. The number of rotatable bonds is 12. The van der Waals surface area contributed by atoms with Crippen molar-refractivity contribution in [3.63, 3.8) is 0 Å². The molecule has 2 amide bonds. The van der Waals surface area contributed by atoms with Gasteiger partial charge in [-0.2, -0.15) is 0 Å². The molecule has 1 spiro atoms. The largest absolute Gasteiger partial charge is 0.491 e. The first-order chi connectivity index (χ1) is 33.2. The van der Waals surface area contributed by atoms with Gasteiger partial charge in [0.25, 0.3) is 0 Å². The molecule has 4 aliphatic rings. The van der Waals surface area contributed by atoms with Gasteiger partial charge in [0, 0.05) is 42.1 Å². The van der Waals surface area contributed by atoms with Gasteiger partial charge in [0.1, 0.15) is 29.9 Å². The van der Waals surface area contributed by atoms with E-state index in [-0.39, 0.29) is 19.6 Å². The zero-order valence-electron chi connectivity index (χ0n) is 37.5. The van der Waals surface area contributed by atoms with Crippen LogP contribution in [0.3, 0.4) is 0 Å². The Balaban J connectivity index is 1.25. The Labute approximate surface area is 393 Å². The minimum Gasteiger partial charge on any atom is -0.491 e.